The van der Waals surface area contributed by atoms with Crippen LogP contribution in [0.5, 0.6) is 11.5 Å². The number of nitro benzene ring substituents is 1. The molecular formula is C15H12ClN2O4-. The fraction of sp³-hybridized carbons (Fsp3) is 0.133. The molecule has 7 heteroatoms. The number of non-ortho nitro benzene ring substituents is 1. The first-order valence-electron chi connectivity index (χ1n) is 6.26. The fourth-order valence-electron chi connectivity index (χ4n) is 1.86. The van der Waals surface area contributed by atoms with Gasteiger partial charge in [-0.2, -0.15) is 0 Å². The van der Waals surface area contributed by atoms with E-state index in [1.807, 2.05) is 6.92 Å². The molecule has 2 aromatic carbocycles. The van der Waals surface area contributed by atoms with Crippen molar-refractivity contribution in [3.63, 3.8) is 0 Å². The number of hydrogen-bond acceptors (Lipinski definition) is 5. The third-order valence-corrected chi connectivity index (χ3v) is 3.24. The Morgan fingerprint density at radius 2 is 2.05 bits per heavy atom. The van der Waals surface area contributed by atoms with Crippen LogP contribution < -0.4 is 9.84 Å². The molecule has 2 aromatic rings. The van der Waals surface area contributed by atoms with Gasteiger partial charge in [-0.1, -0.05) is 17.4 Å². The van der Waals surface area contributed by atoms with Crippen molar-refractivity contribution in [2.24, 2.45) is 4.99 Å². The van der Waals surface area contributed by atoms with Gasteiger partial charge >= 0.3 is 0 Å². The van der Waals surface area contributed by atoms with Crippen molar-refractivity contribution in [3.8, 4) is 11.5 Å². The average Bonchev–Trinajstić information content (AvgIpc) is 2.47. The third-order valence-electron chi connectivity index (χ3n) is 3.00. The highest BCUT2D eigenvalue weighted by Gasteiger charge is 2.11. The van der Waals surface area contributed by atoms with Gasteiger partial charge in [0.25, 0.3) is 5.69 Å². The Kier molecular flexibility index (Phi) is 4.62. The van der Waals surface area contributed by atoms with Gasteiger partial charge in [0.15, 0.2) is 0 Å². The minimum absolute atomic E-state index is 0.0837. The van der Waals surface area contributed by atoms with E-state index in [1.165, 1.54) is 19.4 Å². The number of ether oxygens (including phenoxy) is 1. The second kappa shape index (κ2) is 6.44. The van der Waals surface area contributed by atoms with Crippen LogP contribution in [0.15, 0.2) is 35.3 Å². The van der Waals surface area contributed by atoms with Gasteiger partial charge < -0.3 is 9.84 Å². The second-order valence-corrected chi connectivity index (χ2v) is 4.95. The molecule has 0 heterocycles. The van der Waals surface area contributed by atoms with E-state index in [1.54, 1.807) is 18.2 Å². The Labute approximate surface area is 131 Å². The van der Waals surface area contributed by atoms with E-state index in [0.29, 0.717) is 10.7 Å². The van der Waals surface area contributed by atoms with Gasteiger partial charge in [-0.3, -0.25) is 15.1 Å². The summed E-state index contributed by atoms with van der Waals surface area (Å²) in [6, 6.07) is 7.37. The Hall–Kier alpha value is -2.60. The van der Waals surface area contributed by atoms with Gasteiger partial charge in [-0.15, -0.1) is 0 Å². The largest absolute Gasteiger partial charge is 0.870 e. The minimum Gasteiger partial charge on any atom is -0.870 e. The zero-order valence-corrected chi connectivity index (χ0v) is 12.6. The molecule has 0 N–H and O–H groups in total. The van der Waals surface area contributed by atoms with Crippen LogP contribution >= 0.6 is 11.6 Å². The molecule has 0 unspecified atom stereocenters. The number of hydrogen-bond donors (Lipinski definition) is 0. The Bertz CT molecular complexity index is 759. The highest BCUT2D eigenvalue weighted by atomic mass is 35.5. The molecule has 0 aliphatic rings. The topological polar surface area (TPSA) is 87.8 Å². The van der Waals surface area contributed by atoms with Crippen molar-refractivity contribution in [2.75, 3.05) is 7.11 Å². The number of rotatable bonds is 4. The molecule has 0 fully saturated rings. The highest BCUT2D eigenvalue weighted by molar-refractivity contribution is 6.30. The lowest BCUT2D eigenvalue weighted by molar-refractivity contribution is -0.385. The van der Waals surface area contributed by atoms with Crippen molar-refractivity contribution in [2.45, 2.75) is 6.92 Å². The van der Waals surface area contributed by atoms with E-state index in [2.05, 4.69) is 4.99 Å². The van der Waals surface area contributed by atoms with Crippen molar-refractivity contribution in [3.05, 3.63) is 56.6 Å². The SMILES string of the molecule is COc1cc([N+](=O)[O-])cc(C=Nc2ccc(Cl)cc2C)c1[O-]. The van der Waals surface area contributed by atoms with Gasteiger partial charge in [0.2, 0.25) is 0 Å². The number of aryl methyl sites for hydroxylation is 1. The summed E-state index contributed by atoms with van der Waals surface area (Å²) < 4.78 is 4.87. The Morgan fingerprint density at radius 1 is 1.32 bits per heavy atom. The zero-order chi connectivity index (χ0) is 16.3. The quantitative estimate of drug-likeness (QED) is 0.491. The fourth-order valence-corrected chi connectivity index (χ4v) is 2.09. The summed E-state index contributed by atoms with van der Waals surface area (Å²) in [5, 5.41) is 23.5. The van der Waals surface area contributed by atoms with Gasteiger partial charge in [0, 0.05) is 17.3 Å². The molecule has 22 heavy (non-hydrogen) atoms. The predicted octanol–water partition coefficient (Wildman–Crippen LogP) is 3.39. The summed E-state index contributed by atoms with van der Waals surface area (Å²) in [5.41, 5.74) is 1.30. The number of aliphatic imine (C=N–C) groups is 1. The number of methoxy groups -OCH3 is 1. The summed E-state index contributed by atoms with van der Waals surface area (Å²) >= 11 is 5.86. The lowest BCUT2D eigenvalue weighted by Gasteiger charge is -2.15. The molecule has 0 saturated heterocycles. The Morgan fingerprint density at radius 3 is 2.64 bits per heavy atom. The molecular weight excluding hydrogens is 308 g/mol. The van der Waals surface area contributed by atoms with Gasteiger partial charge in [0.05, 0.1) is 23.8 Å². The number of nitro groups is 1. The van der Waals surface area contributed by atoms with E-state index in [9.17, 15) is 15.2 Å². The minimum atomic E-state index is -0.590. The predicted molar refractivity (Wildman–Crippen MR) is 82.5 cm³/mol. The first-order chi connectivity index (χ1) is 10.4. The molecule has 0 saturated carbocycles. The number of nitrogens with zero attached hydrogens (tertiary/aromatic N) is 2. The van der Waals surface area contributed by atoms with Crippen molar-refractivity contribution in [1.29, 1.82) is 0 Å². The molecule has 0 aliphatic heterocycles. The summed E-state index contributed by atoms with van der Waals surface area (Å²) in [4.78, 5) is 14.5. The molecule has 114 valence electrons. The van der Waals surface area contributed by atoms with Crippen LogP contribution in [0.2, 0.25) is 5.02 Å². The van der Waals surface area contributed by atoms with E-state index < -0.39 is 10.7 Å². The summed E-state index contributed by atoms with van der Waals surface area (Å²) in [5.74, 6) is -0.549. The molecule has 0 bridgehead atoms. The zero-order valence-electron chi connectivity index (χ0n) is 11.9. The maximum absolute atomic E-state index is 12.1. The lowest BCUT2D eigenvalue weighted by atomic mass is 10.1. The van der Waals surface area contributed by atoms with Crippen LogP contribution in [0.4, 0.5) is 11.4 Å². The van der Waals surface area contributed by atoms with E-state index >= 15 is 0 Å². The van der Waals surface area contributed by atoms with Crippen LogP contribution in [-0.4, -0.2) is 18.2 Å². The van der Waals surface area contributed by atoms with Crippen LogP contribution in [0.25, 0.3) is 0 Å². The van der Waals surface area contributed by atoms with Gasteiger partial charge in [0.1, 0.15) is 5.75 Å². The molecule has 2 rings (SSSR count). The van der Waals surface area contributed by atoms with Gasteiger partial charge in [-0.05, 0) is 36.2 Å². The van der Waals surface area contributed by atoms with E-state index in [-0.39, 0.29) is 17.0 Å². The highest BCUT2D eigenvalue weighted by Crippen LogP contribution is 2.32. The smallest absolute Gasteiger partial charge is 0.273 e. The van der Waals surface area contributed by atoms with Crippen LogP contribution in [0.1, 0.15) is 11.1 Å². The maximum Gasteiger partial charge on any atom is 0.273 e. The summed E-state index contributed by atoms with van der Waals surface area (Å²) in [6.45, 7) is 1.82. The van der Waals surface area contributed by atoms with Crippen molar-refractivity contribution in [1.82, 2.24) is 0 Å². The van der Waals surface area contributed by atoms with Crippen LogP contribution in [0.3, 0.4) is 0 Å². The molecule has 6 nitrogen and oxygen atoms in total. The van der Waals surface area contributed by atoms with Crippen molar-refractivity contribution < 1.29 is 14.8 Å². The summed E-state index contributed by atoms with van der Waals surface area (Å²) in [7, 11) is 1.28. The molecule has 0 aliphatic carbocycles. The number of halogens is 1. The first kappa shape index (κ1) is 15.8. The number of benzene rings is 2. The standard InChI is InChI=1S/C15H13ClN2O4/c1-9-5-11(16)3-4-13(9)17-8-10-6-12(18(20)21)7-14(22-2)15(10)19/h3-8,19H,1-2H3/p-1. The van der Waals surface area contributed by atoms with Gasteiger partial charge in [-0.25, -0.2) is 0 Å². The maximum atomic E-state index is 12.1. The average molecular weight is 320 g/mol. The molecule has 0 amide bonds. The van der Waals surface area contributed by atoms with Crippen molar-refractivity contribution >= 4 is 29.2 Å². The lowest BCUT2D eigenvalue weighted by Crippen LogP contribution is -2.02. The molecule has 0 spiro atoms. The second-order valence-electron chi connectivity index (χ2n) is 4.51. The normalized spacial score (nSPS) is 10.9. The molecule has 0 aromatic heterocycles. The third kappa shape index (κ3) is 3.35. The van der Waals surface area contributed by atoms with E-state index in [0.717, 1.165) is 11.6 Å². The Balaban J connectivity index is 2.45. The summed E-state index contributed by atoms with van der Waals surface area (Å²) in [6.07, 6.45) is 1.29. The molecule has 0 atom stereocenters. The van der Waals surface area contributed by atoms with Crippen LogP contribution in [0, 0.1) is 17.0 Å². The molecule has 0 radical (unpaired) electrons. The van der Waals surface area contributed by atoms with Crippen LogP contribution in [-0.2, 0) is 0 Å². The monoisotopic (exact) mass is 319 g/mol. The first-order valence-corrected chi connectivity index (χ1v) is 6.64. The van der Waals surface area contributed by atoms with E-state index in [4.69, 9.17) is 16.3 Å².